The first-order valence-corrected chi connectivity index (χ1v) is 7.83. The molecule has 20 heavy (non-hydrogen) atoms. The zero-order chi connectivity index (χ0) is 14.7. The number of ketones is 1. The van der Waals surface area contributed by atoms with E-state index in [0.29, 0.717) is 16.9 Å². The van der Waals surface area contributed by atoms with E-state index >= 15 is 0 Å². The summed E-state index contributed by atoms with van der Waals surface area (Å²) in [6.07, 6.45) is 0.0231. The summed E-state index contributed by atoms with van der Waals surface area (Å²) in [5.41, 5.74) is 1.18. The number of benzene rings is 2. The molecule has 0 saturated carbocycles. The summed E-state index contributed by atoms with van der Waals surface area (Å²) in [6, 6.07) is 12.8. The Morgan fingerprint density at radius 1 is 1.05 bits per heavy atom. The summed E-state index contributed by atoms with van der Waals surface area (Å²) < 4.78 is 7.35. The average molecular weight is 398 g/mol. The predicted octanol–water partition coefficient (Wildman–Crippen LogP) is 5.23. The van der Waals surface area contributed by atoms with Gasteiger partial charge in [0.2, 0.25) is 0 Å². The Labute approximate surface area is 135 Å². The highest BCUT2D eigenvalue weighted by Crippen LogP contribution is 2.28. The Morgan fingerprint density at radius 3 is 2.45 bits per heavy atom. The minimum atomic E-state index is -0.0607. The van der Waals surface area contributed by atoms with Gasteiger partial charge in [-0.15, -0.1) is 0 Å². The molecule has 0 bridgehead atoms. The van der Waals surface area contributed by atoms with Crippen molar-refractivity contribution in [3.05, 3.63) is 62.5 Å². The number of ether oxygens (including phenoxy) is 1. The molecule has 0 spiro atoms. The molecule has 0 fully saturated rings. The highest BCUT2D eigenvalue weighted by molar-refractivity contribution is 9.11. The van der Waals surface area contributed by atoms with E-state index in [1.54, 1.807) is 12.1 Å². The van der Waals surface area contributed by atoms with E-state index in [0.717, 1.165) is 8.95 Å². The molecule has 0 atom stereocenters. The standard InChI is InChI=1S/C16H14Br2O2/c1-10(2)20-15-6-4-3-5-12(15)16(19)13-9-11(17)7-8-14(13)18/h3-10H,1-2H3. The molecular formula is C16H14Br2O2. The highest BCUT2D eigenvalue weighted by atomic mass is 79.9. The fourth-order valence-corrected chi connectivity index (χ4v) is 2.62. The molecule has 2 rings (SSSR count). The van der Waals surface area contributed by atoms with Crippen molar-refractivity contribution in [1.82, 2.24) is 0 Å². The van der Waals surface area contributed by atoms with Crippen LogP contribution in [-0.2, 0) is 0 Å². The third kappa shape index (κ3) is 3.49. The summed E-state index contributed by atoms with van der Waals surface area (Å²) >= 11 is 6.81. The maximum Gasteiger partial charge on any atom is 0.197 e. The molecule has 0 aromatic heterocycles. The largest absolute Gasteiger partial charge is 0.490 e. The molecule has 0 saturated heterocycles. The number of hydrogen-bond donors (Lipinski definition) is 0. The summed E-state index contributed by atoms with van der Waals surface area (Å²) in [5.74, 6) is 0.550. The minimum Gasteiger partial charge on any atom is -0.490 e. The van der Waals surface area contributed by atoms with Crippen LogP contribution in [0.1, 0.15) is 29.8 Å². The second-order valence-electron chi connectivity index (χ2n) is 4.62. The second kappa shape index (κ2) is 6.55. The lowest BCUT2D eigenvalue weighted by molar-refractivity contribution is 0.103. The van der Waals surface area contributed by atoms with Crippen LogP contribution in [0.15, 0.2) is 51.4 Å². The average Bonchev–Trinajstić information content (AvgIpc) is 2.41. The van der Waals surface area contributed by atoms with Crippen LogP contribution in [0.25, 0.3) is 0 Å². The minimum absolute atomic E-state index is 0.0231. The lowest BCUT2D eigenvalue weighted by Crippen LogP contribution is -2.11. The molecule has 2 aromatic carbocycles. The lowest BCUT2D eigenvalue weighted by Gasteiger charge is -2.14. The zero-order valence-electron chi connectivity index (χ0n) is 11.2. The Hall–Kier alpha value is -1.13. The first kappa shape index (κ1) is 15.3. The molecule has 2 nitrogen and oxygen atoms in total. The summed E-state index contributed by atoms with van der Waals surface area (Å²) in [4.78, 5) is 12.7. The number of hydrogen-bond acceptors (Lipinski definition) is 2. The van der Waals surface area contributed by atoms with Crippen molar-refractivity contribution in [3.8, 4) is 5.75 Å². The summed E-state index contributed by atoms with van der Waals surface area (Å²) in [5, 5.41) is 0. The zero-order valence-corrected chi connectivity index (χ0v) is 14.4. The first-order chi connectivity index (χ1) is 9.49. The Kier molecular flexibility index (Phi) is 5.00. The Bertz CT molecular complexity index is 636. The van der Waals surface area contributed by atoms with Crippen molar-refractivity contribution < 1.29 is 9.53 Å². The van der Waals surface area contributed by atoms with Gasteiger partial charge in [0, 0.05) is 14.5 Å². The van der Waals surface area contributed by atoms with Crippen LogP contribution in [0, 0.1) is 0 Å². The first-order valence-electron chi connectivity index (χ1n) is 6.24. The van der Waals surface area contributed by atoms with Crippen LogP contribution >= 0.6 is 31.9 Å². The van der Waals surface area contributed by atoms with Crippen molar-refractivity contribution in [2.75, 3.05) is 0 Å². The Balaban J connectivity index is 2.45. The van der Waals surface area contributed by atoms with Gasteiger partial charge in [0.25, 0.3) is 0 Å². The third-order valence-electron chi connectivity index (χ3n) is 2.67. The van der Waals surface area contributed by atoms with Gasteiger partial charge in [-0.1, -0.05) is 44.0 Å². The molecule has 0 aliphatic rings. The van der Waals surface area contributed by atoms with E-state index in [1.165, 1.54) is 0 Å². The van der Waals surface area contributed by atoms with Crippen molar-refractivity contribution in [1.29, 1.82) is 0 Å². The number of carbonyl (C=O) groups is 1. The van der Waals surface area contributed by atoms with E-state index in [9.17, 15) is 4.79 Å². The molecule has 0 amide bonds. The van der Waals surface area contributed by atoms with Crippen molar-refractivity contribution >= 4 is 37.6 Å². The van der Waals surface area contributed by atoms with E-state index < -0.39 is 0 Å². The van der Waals surface area contributed by atoms with E-state index in [-0.39, 0.29) is 11.9 Å². The summed E-state index contributed by atoms with van der Waals surface area (Å²) in [6.45, 7) is 3.88. The fourth-order valence-electron chi connectivity index (χ4n) is 1.83. The predicted molar refractivity (Wildman–Crippen MR) is 87.5 cm³/mol. The highest BCUT2D eigenvalue weighted by Gasteiger charge is 2.17. The normalized spacial score (nSPS) is 10.7. The topological polar surface area (TPSA) is 26.3 Å². The fraction of sp³-hybridized carbons (Fsp3) is 0.188. The molecule has 2 aromatic rings. The molecule has 0 heterocycles. The number of para-hydroxylation sites is 1. The number of rotatable bonds is 4. The van der Waals surface area contributed by atoms with Crippen LogP contribution in [0.3, 0.4) is 0 Å². The van der Waals surface area contributed by atoms with Crippen LogP contribution in [0.2, 0.25) is 0 Å². The van der Waals surface area contributed by atoms with Gasteiger partial charge in [-0.25, -0.2) is 0 Å². The summed E-state index contributed by atoms with van der Waals surface area (Å²) in [7, 11) is 0. The van der Waals surface area contributed by atoms with Crippen molar-refractivity contribution in [2.45, 2.75) is 20.0 Å². The maximum atomic E-state index is 12.7. The van der Waals surface area contributed by atoms with E-state index in [1.807, 2.05) is 44.2 Å². The van der Waals surface area contributed by atoms with Gasteiger partial charge in [-0.05, 0) is 44.2 Å². The molecular weight excluding hydrogens is 384 g/mol. The van der Waals surface area contributed by atoms with Crippen LogP contribution in [0.5, 0.6) is 5.75 Å². The van der Waals surface area contributed by atoms with Gasteiger partial charge >= 0.3 is 0 Å². The molecule has 0 radical (unpaired) electrons. The van der Waals surface area contributed by atoms with Gasteiger partial charge < -0.3 is 4.74 Å². The van der Waals surface area contributed by atoms with Crippen molar-refractivity contribution in [2.24, 2.45) is 0 Å². The van der Waals surface area contributed by atoms with E-state index in [2.05, 4.69) is 31.9 Å². The number of halogens is 2. The Morgan fingerprint density at radius 2 is 1.75 bits per heavy atom. The van der Waals surface area contributed by atoms with Crippen LogP contribution in [-0.4, -0.2) is 11.9 Å². The quantitative estimate of drug-likeness (QED) is 0.660. The molecule has 0 aliphatic carbocycles. The smallest absolute Gasteiger partial charge is 0.197 e. The van der Waals surface area contributed by atoms with Crippen LogP contribution in [0.4, 0.5) is 0 Å². The molecule has 4 heteroatoms. The lowest BCUT2D eigenvalue weighted by atomic mass is 10.0. The van der Waals surface area contributed by atoms with Crippen molar-refractivity contribution in [3.63, 3.8) is 0 Å². The third-order valence-corrected chi connectivity index (χ3v) is 3.85. The maximum absolute atomic E-state index is 12.7. The molecule has 104 valence electrons. The monoisotopic (exact) mass is 396 g/mol. The molecule has 0 N–H and O–H groups in total. The van der Waals surface area contributed by atoms with Gasteiger partial charge in [0.1, 0.15) is 5.75 Å². The SMILES string of the molecule is CC(C)Oc1ccccc1C(=O)c1cc(Br)ccc1Br. The molecule has 0 aliphatic heterocycles. The second-order valence-corrected chi connectivity index (χ2v) is 6.39. The van der Waals surface area contributed by atoms with E-state index in [4.69, 9.17) is 4.74 Å². The van der Waals surface area contributed by atoms with Gasteiger partial charge in [0.05, 0.1) is 11.7 Å². The number of carbonyl (C=O) groups excluding carboxylic acids is 1. The molecule has 0 unspecified atom stereocenters. The van der Waals surface area contributed by atoms with Crippen LogP contribution < -0.4 is 4.74 Å². The van der Waals surface area contributed by atoms with Gasteiger partial charge in [-0.3, -0.25) is 4.79 Å². The van der Waals surface area contributed by atoms with Gasteiger partial charge in [-0.2, -0.15) is 0 Å². The van der Waals surface area contributed by atoms with Gasteiger partial charge in [0.15, 0.2) is 5.78 Å².